The molecule has 1 amide bonds. The predicted octanol–water partition coefficient (Wildman–Crippen LogP) is 1.59. The molecule has 2 aromatic rings. The number of aliphatic hydroxyl groups is 1. The van der Waals surface area contributed by atoms with Gasteiger partial charge in [-0.1, -0.05) is 30.3 Å². The molecule has 0 fully saturated rings. The van der Waals surface area contributed by atoms with Crippen LogP contribution in [-0.4, -0.2) is 22.5 Å². The van der Waals surface area contributed by atoms with Gasteiger partial charge in [-0.05, 0) is 11.5 Å². The minimum atomic E-state index is -0.740. The fraction of sp³-hybridized carbons (Fsp3) is 0.143. The highest BCUT2D eigenvalue weighted by molar-refractivity contribution is 7.10. The number of amides is 1. The van der Waals surface area contributed by atoms with Crippen molar-refractivity contribution in [2.24, 2.45) is 0 Å². The van der Waals surface area contributed by atoms with Gasteiger partial charge in [0.25, 0.3) is 5.91 Å². The fourth-order valence-electron chi connectivity index (χ4n) is 1.52. The Morgan fingerprint density at radius 2 is 2.21 bits per heavy atom. The summed E-state index contributed by atoms with van der Waals surface area (Å²) in [5.41, 5.74) is 1.03. The predicted molar refractivity (Wildman–Crippen MR) is 73.8 cm³/mol. The van der Waals surface area contributed by atoms with Gasteiger partial charge in [0.1, 0.15) is 5.69 Å². The first-order valence-corrected chi connectivity index (χ1v) is 6.52. The number of hydrogen-bond acceptors (Lipinski definition) is 4. The molecule has 0 spiro atoms. The molecule has 0 radical (unpaired) electrons. The fourth-order valence-corrected chi connectivity index (χ4v) is 2.12. The summed E-state index contributed by atoms with van der Waals surface area (Å²) in [5.74, 6) is 2.03. The molecule has 0 aliphatic rings. The smallest absolute Gasteiger partial charge is 0.270 e. The summed E-state index contributed by atoms with van der Waals surface area (Å²) in [6.07, 6.45) is 4.45. The molecule has 0 saturated carbocycles. The number of nitrogens with zero attached hydrogens (tertiary/aromatic N) is 1. The van der Waals surface area contributed by atoms with Crippen LogP contribution in [0.15, 0.2) is 35.7 Å². The standard InChI is InChI=1S/C14H12N2O2S/c1-2-13-16-11(9-19-13)14(18)15-8-12(17)10-6-4-3-5-7-10/h1,3-7,9,12,17H,8H2,(H,15,18)/t12-/m1/s1. The summed E-state index contributed by atoms with van der Waals surface area (Å²) in [6, 6.07) is 9.14. The van der Waals surface area contributed by atoms with Crippen LogP contribution in [0.2, 0.25) is 0 Å². The van der Waals surface area contributed by atoms with Crippen LogP contribution < -0.4 is 5.32 Å². The van der Waals surface area contributed by atoms with Gasteiger partial charge in [-0.15, -0.1) is 17.8 Å². The summed E-state index contributed by atoms with van der Waals surface area (Å²) >= 11 is 1.24. The molecule has 19 heavy (non-hydrogen) atoms. The first kappa shape index (κ1) is 13.3. The molecule has 1 aromatic carbocycles. The number of carbonyl (C=O) groups is 1. The Balaban J connectivity index is 1.92. The van der Waals surface area contributed by atoms with Gasteiger partial charge in [0.05, 0.1) is 6.10 Å². The van der Waals surface area contributed by atoms with E-state index in [1.807, 2.05) is 18.2 Å². The molecule has 1 aromatic heterocycles. The minimum Gasteiger partial charge on any atom is -0.387 e. The molecule has 0 bridgehead atoms. The summed E-state index contributed by atoms with van der Waals surface area (Å²) in [4.78, 5) is 15.7. The molecule has 5 heteroatoms. The number of aliphatic hydroxyl groups excluding tert-OH is 1. The highest BCUT2D eigenvalue weighted by atomic mass is 32.1. The lowest BCUT2D eigenvalue weighted by Crippen LogP contribution is -2.28. The number of carbonyl (C=O) groups excluding carboxylic acids is 1. The molecule has 0 aliphatic carbocycles. The molecule has 1 atom stereocenters. The maximum atomic E-state index is 11.8. The number of aromatic nitrogens is 1. The Hall–Kier alpha value is -2.16. The maximum Gasteiger partial charge on any atom is 0.270 e. The Kier molecular flexibility index (Phi) is 4.29. The molecule has 0 unspecified atom stereocenters. The normalized spacial score (nSPS) is 11.6. The van der Waals surface area contributed by atoms with E-state index in [1.165, 1.54) is 11.3 Å². The van der Waals surface area contributed by atoms with E-state index in [1.54, 1.807) is 17.5 Å². The minimum absolute atomic E-state index is 0.131. The third kappa shape index (κ3) is 3.41. The van der Waals surface area contributed by atoms with Crippen LogP contribution in [0.3, 0.4) is 0 Å². The maximum absolute atomic E-state index is 11.8. The zero-order valence-electron chi connectivity index (χ0n) is 10.0. The van der Waals surface area contributed by atoms with E-state index in [0.717, 1.165) is 5.56 Å². The molecule has 2 N–H and O–H groups in total. The highest BCUT2D eigenvalue weighted by Gasteiger charge is 2.12. The number of benzene rings is 1. The number of terminal acetylenes is 1. The summed E-state index contributed by atoms with van der Waals surface area (Å²) < 4.78 is 0. The van der Waals surface area contributed by atoms with Crippen LogP contribution in [0.5, 0.6) is 0 Å². The van der Waals surface area contributed by atoms with Crippen molar-refractivity contribution in [3.63, 3.8) is 0 Å². The molecule has 0 saturated heterocycles. The van der Waals surface area contributed by atoms with Crippen molar-refractivity contribution in [3.8, 4) is 12.3 Å². The van der Waals surface area contributed by atoms with Gasteiger partial charge in [-0.2, -0.15) is 0 Å². The first-order chi connectivity index (χ1) is 9.20. The number of thiazole rings is 1. The van der Waals surface area contributed by atoms with E-state index in [0.29, 0.717) is 5.01 Å². The van der Waals surface area contributed by atoms with Crippen molar-refractivity contribution in [3.05, 3.63) is 52.0 Å². The zero-order valence-corrected chi connectivity index (χ0v) is 10.9. The van der Waals surface area contributed by atoms with Crippen molar-refractivity contribution < 1.29 is 9.90 Å². The number of hydrogen-bond donors (Lipinski definition) is 2. The average molecular weight is 272 g/mol. The van der Waals surface area contributed by atoms with E-state index in [2.05, 4.69) is 16.2 Å². The SMILES string of the molecule is C#Cc1nc(C(=O)NC[C@@H](O)c2ccccc2)cs1. The van der Waals surface area contributed by atoms with Crippen LogP contribution >= 0.6 is 11.3 Å². The summed E-state index contributed by atoms with van der Waals surface area (Å²) in [7, 11) is 0. The summed E-state index contributed by atoms with van der Waals surface area (Å²) in [6.45, 7) is 0.131. The second-order valence-electron chi connectivity index (χ2n) is 3.82. The Morgan fingerprint density at radius 1 is 1.47 bits per heavy atom. The second-order valence-corrected chi connectivity index (χ2v) is 4.68. The lowest BCUT2D eigenvalue weighted by Gasteiger charge is -2.11. The van der Waals surface area contributed by atoms with Crippen molar-refractivity contribution in [2.45, 2.75) is 6.10 Å². The Labute approximate surface area is 115 Å². The lowest BCUT2D eigenvalue weighted by molar-refractivity contribution is 0.0912. The summed E-state index contributed by atoms with van der Waals surface area (Å²) in [5, 5.41) is 14.6. The van der Waals surface area contributed by atoms with Crippen LogP contribution in [-0.2, 0) is 0 Å². The topological polar surface area (TPSA) is 62.2 Å². The second kappa shape index (κ2) is 6.14. The quantitative estimate of drug-likeness (QED) is 0.831. The van der Waals surface area contributed by atoms with Gasteiger partial charge < -0.3 is 10.4 Å². The number of rotatable bonds is 4. The molecule has 96 valence electrons. The van der Waals surface area contributed by atoms with Crippen LogP contribution in [0.1, 0.15) is 27.2 Å². The first-order valence-electron chi connectivity index (χ1n) is 5.64. The van der Waals surface area contributed by atoms with Crippen molar-refractivity contribution in [2.75, 3.05) is 6.54 Å². The monoisotopic (exact) mass is 272 g/mol. The van der Waals surface area contributed by atoms with E-state index in [9.17, 15) is 9.90 Å². The molecule has 1 heterocycles. The third-order valence-corrected chi connectivity index (χ3v) is 3.27. The van der Waals surface area contributed by atoms with Gasteiger partial charge in [-0.3, -0.25) is 4.79 Å². The molecular formula is C14H12N2O2S. The highest BCUT2D eigenvalue weighted by Crippen LogP contribution is 2.11. The van der Waals surface area contributed by atoms with E-state index < -0.39 is 6.10 Å². The largest absolute Gasteiger partial charge is 0.387 e. The Bertz CT molecular complexity index is 601. The van der Waals surface area contributed by atoms with Crippen molar-refractivity contribution in [1.82, 2.24) is 10.3 Å². The molecular weight excluding hydrogens is 260 g/mol. The van der Waals surface area contributed by atoms with E-state index >= 15 is 0 Å². The van der Waals surface area contributed by atoms with Gasteiger partial charge in [-0.25, -0.2) is 4.98 Å². The van der Waals surface area contributed by atoms with Crippen LogP contribution in [0, 0.1) is 12.3 Å². The number of nitrogens with one attached hydrogen (secondary N) is 1. The van der Waals surface area contributed by atoms with Crippen LogP contribution in [0.25, 0.3) is 0 Å². The molecule has 4 nitrogen and oxygen atoms in total. The molecule has 0 aliphatic heterocycles. The average Bonchev–Trinajstić information content (AvgIpc) is 2.94. The van der Waals surface area contributed by atoms with Crippen molar-refractivity contribution in [1.29, 1.82) is 0 Å². The van der Waals surface area contributed by atoms with Gasteiger partial charge in [0.15, 0.2) is 5.01 Å². The van der Waals surface area contributed by atoms with Crippen molar-refractivity contribution >= 4 is 17.2 Å². The van der Waals surface area contributed by atoms with E-state index in [4.69, 9.17) is 6.42 Å². The zero-order chi connectivity index (χ0) is 13.7. The van der Waals surface area contributed by atoms with E-state index in [-0.39, 0.29) is 18.1 Å². The Morgan fingerprint density at radius 3 is 2.84 bits per heavy atom. The van der Waals surface area contributed by atoms with Gasteiger partial charge >= 0.3 is 0 Å². The van der Waals surface area contributed by atoms with Crippen LogP contribution in [0.4, 0.5) is 0 Å². The third-order valence-electron chi connectivity index (χ3n) is 2.50. The lowest BCUT2D eigenvalue weighted by atomic mass is 10.1. The van der Waals surface area contributed by atoms with Gasteiger partial charge in [0.2, 0.25) is 0 Å². The van der Waals surface area contributed by atoms with Gasteiger partial charge in [0, 0.05) is 11.9 Å². The molecule has 2 rings (SSSR count).